The van der Waals surface area contributed by atoms with Crippen LogP contribution in [-0.4, -0.2) is 40.8 Å². The Morgan fingerprint density at radius 3 is 2.59 bits per heavy atom. The van der Waals surface area contributed by atoms with E-state index in [4.69, 9.17) is 4.74 Å². The molecular weight excluding hydrogens is 442 g/mol. The van der Waals surface area contributed by atoms with E-state index in [0.29, 0.717) is 12.8 Å². The van der Waals surface area contributed by atoms with Gasteiger partial charge >= 0.3 is 11.9 Å². The van der Waals surface area contributed by atoms with Crippen LogP contribution in [0, 0.1) is 34.5 Å². The molecule has 4 aliphatic rings. The molecule has 0 saturated heterocycles. The Balaban J connectivity index is 1.62. The van der Waals surface area contributed by atoms with E-state index in [9.17, 15) is 19.5 Å². The number of hydrogen-bond acceptors (Lipinski definition) is 5. The number of unbranched alkanes of at least 4 members (excludes halogenated alkanes) is 1. The van der Waals surface area contributed by atoms with Crippen molar-refractivity contribution >= 4 is 17.7 Å². The van der Waals surface area contributed by atoms with Crippen molar-refractivity contribution in [3.63, 3.8) is 0 Å². The second kappa shape index (κ2) is 8.65. The summed E-state index contributed by atoms with van der Waals surface area (Å²) in [4.78, 5) is 36.5. The molecule has 7 heteroatoms. The zero-order valence-corrected chi connectivity index (χ0v) is 20.5. The zero-order chi connectivity index (χ0) is 25.1. The number of ketones is 1. The number of aliphatic hydroxyl groups excluding tert-OH is 1. The number of rotatable bonds is 5. The Morgan fingerprint density at radius 2 is 1.91 bits per heavy atom. The number of aliphatic hydroxyl groups is 1. The van der Waals surface area contributed by atoms with Crippen LogP contribution < -0.4 is 0 Å². The van der Waals surface area contributed by atoms with Gasteiger partial charge in [0.15, 0.2) is 11.5 Å². The van der Waals surface area contributed by atoms with Crippen LogP contribution in [0.4, 0.5) is 8.78 Å². The molecule has 0 spiro atoms. The summed E-state index contributed by atoms with van der Waals surface area (Å²) in [7, 11) is 0. The maximum Gasteiger partial charge on any atom is 0.313 e. The molecule has 9 atom stereocenters. The van der Waals surface area contributed by atoms with E-state index in [1.54, 1.807) is 6.92 Å². The maximum atomic E-state index is 17.1. The smallest absolute Gasteiger partial charge is 0.313 e. The minimum absolute atomic E-state index is 0.0145. The van der Waals surface area contributed by atoms with E-state index in [-0.39, 0.29) is 54.8 Å². The minimum atomic E-state index is -2.12. The van der Waals surface area contributed by atoms with Gasteiger partial charge in [-0.2, -0.15) is 0 Å². The highest BCUT2D eigenvalue weighted by Gasteiger charge is 2.72. The number of ether oxygens (including phenoxy) is 1. The third-order valence-corrected chi connectivity index (χ3v) is 9.57. The highest BCUT2D eigenvalue weighted by atomic mass is 19.1. The molecule has 0 amide bonds. The first-order valence-corrected chi connectivity index (χ1v) is 12.6. The Hall–Kier alpha value is -1.89. The Bertz CT molecular complexity index is 943. The van der Waals surface area contributed by atoms with Gasteiger partial charge in [0.1, 0.15) is 6.17 Å². The van der Waals surface area contributed by atoms with Gasteiger partial charge in [0.05, 0.1) is 6.10 Å². The predicted octanol–water partition coefficient (Wildman–Crippen LogP) is 4.82. The lowest BCUT2D eigenvalue weighted by atomic mass is 9.45. The molecule has 188 valence electrons. The molecule has 4 aliphatic carbocycles. The second-order valence-corrected chi connectivity index (χ2v) is 11.4. The van der Waals surface area contributed by atoms with Crippen LogP contribution in [0.5, 0.6) is 0 Å². The number of carbonyl (C=O) groups excluding carboxylic acids is 3. The molecule has 3 fully saturated rings. The van der Waals surface area contributed by atoms with Gasteiger partial charge in [-0.3, -0.25) is 14.4 Å². The third-order valence-electron chi connectivity index (χ3n) is 9.57. The van der Waals surface area contributed by atoms with Crippen molar-refractivity contribution in [2.24, 2.45) is 34.5 Å². The number of fused-ring (bicyclic) bond motifs is 5. The number of allylic oxidation sites excluding steroid dienone is 4. The molecule has 0 radical (unpaired) electrons. The van der Waals surface area contributed by atoms with Crippen molar-refractivity contribution in [2.45, 2.75) is 90.6 Å². The van der Waals surface area contributed by atoms with Gasteiger partial charge in [0.25, 0.3) is 0 Å². The van der Waals surface area contributed by atoms with Crippen molar-refractivity contribution in [3.05, 3.63) is 23.8 Å². The third kappa shape index (κ3) is 3.61. The molecule has 5 nitrogen and oxygen atoms in total. The molecule has 0 aromatic heterocycles. The summed E-state index contributed by atoms with van der Waals surface area (Å²) in [5.41, 5.74) is -4.02. The van der Waals surface area contributed by atoms with Gasteiger partial charge in [-0.1, -0.05) is 33.3 Å². The summed E-state index contributed by atoms with van der Waals surface area (Å²) in [6, 6.07) is 0. The van der Waals surface area contributed by atoms with Crippen molar-refractivity contribution in [1.29, 1.82) is 0 Å². The van der Waals surface area contributed by atoms with E-state index in [1.165, 1.54) is 18.2 Å². The molecule has 0 heterocycles. The number of alkyl halides is 2. The molecule has 0 aliphatic heterocycles. The number of halogens is 2. The summed E-state index contributed by atoms with van der Waals surface area (Å²) < 4.78 is 37.5. The average molecular weight is 479 g/mol. The lowest BCUT2D eigenvalue weighted by molar-refractivity contribution is -0.202. The summed E-state index contributed by atoms with van der Waals surface area (Å²) in [5, 5.41) is 11.3. The zero-order valence-electron chi connectivity index (χ0n) is 20.5. The van der Waals surface area contributed by atoms with Gasteiger partial charge in [-0.25, -0.2) is 8.78 Å². The Kier molecular flexibility index (Phi) is 6.41. The summed E-state index contributed by atoms with van der Waals surface area (Å²) in [5.74, 6) is -2.69. The first-order valence-electron chi connectivity index (χ1n) is 12.6. The first kappa shape index (κ1) is 25.2. The molecule has 34 heavy (non-hydrogen) atoms. The van der Waals surface area contributed by atoms with E-state index in [0.717, 1.165) is 6.42 Å². The second-order valence-electron chi connectivity index (χ2n) is 11.4. The fraction of sp³-hybridized carbons (Fsp3) is 0.741. The molecule has 4 rings (SSSR count). The molecule has 0 aromatic rings. The highest BCUT2D eigenvalue weighted by Crippen LogP contribution is 2.70. The lowest BCUT2D eigenvalue weighted by Gasteiger charge is -2.62. The number of hydrogen-bond donors (Lipinski definition) is 1. The van der Waals surface area contributed by atoms with Crippen LogP contribution in [0.2, 0.25) is 0 Å². The fourth-order valence-corrected chi connectivity index (χ4v) is 7.82. The van der Waals surface area contributed by atoms with Crippen LogP contribution in [0.15, 0.2) is 23.8 Å². The van der Waals surface area contributed by atoms with Crippen LogP contribution in [0.25, 0.3) is 0 Å². The fourth-order valence-electron chi connectivity index (χ4n) is 7.82. The number of carbonyl (C=O) groups is 3. The molecule has 0 aromatic carbocycles. The summed E-state index contributed by atoms with van der Waals surface area (Å²) in [6.45, 7) is 7.49. The van der Waals surface area contributed by atoms with Crippen LogP contribution in [0.1, 0.15) is 72.6 Å². The molecule has 0 bridgehead atoms. The van der Waals surface area contributed by atoms with Gasteiger partial charge < -0.3 is 9.84 Å². The average Bonchev–Trinajstić information content (AvgIpc) is 3.00. The van der Waals surface area contributed by atoms with Gasteiger partial charge in [0.2, 0.25) is 0 Å². The normalized spacial score (nSPS) is 45.1. The molecule has 3 saturated carbocycles. The molecular formula is C27H36F2O5. The van der Waals surface area contributed by atoms with Gasteiger partial charge in [-0.15, -0.1) is 0 Å². The van der Waals surface area contributed by atoms with E-state index in [2.05, 4.69) is 0 Å². The summed E-state index contributed by atoms with van der Waals surface area (Å²) >= 11 is 0. The minimum Gasteiger partial charge on any atom is -0.393 e. The lowest BCUT2D eigenvalue weighted by Crippen LogP contribution is -2.68. The largest absolute Gasteiger partial charge is 0.393 e. The predicted molar refractivity (Wildman–Crippen MR) is 122 cm³/mol. The Labute approximate surface area is 200 Å². The van der Waals surface area contributed by atoms with Gasteiger partial charge in [0, 0.05) is 24.2 Å². The SMILES string of the molecule is CCCCC(=O)OC(=O)C[C@H]1[C@H](C)C[C@H]2[C@@H]3C[C@H](F)C4=CC(=O)C=C[C@]4(C)[C@@]3(F)[C@@H](O)C[C@]12C. The van der Waals surface area contributed by atoms with Crippen molar-refractivity contribution in [1.82, 2.24) is 0 Å². The van der Waals surface area contributed by atoms with E-state index in [1.807, 2.05) is 20.8 Å². The molecule has 0 unspecified atom stereocenters. The van der Waals surface area contributed by atoms with E-state index < -0.39 is 46.6 Å². The van der Waals surface area contributed by atoms with Crippen molar-refractivity contribution in [2.75, 3.05) is 0 Å². The van der Waals surface area contributed by atoms with Crippen molar-refractivity contribution in [3.8, 4) is 0 Å². The monoisotopic (exact) mass is 478 g/mol. The van der Waals surface area contributed by atoms with Gasteiger partial charge in [-0.05, 0) is 73.5 Å². The Morgan fingerprint density at radius 1 is 1.21 bits per heavy atom. The maximum absolute atomic E-state index is 17.1. The number of esters is 2. The van der Waals surface area contributed by atoms with Crippen LogP contribution in [0.3, 0.4) is 0 Å². The van der Waals surface area contributed by atoms with E-state index >= 15 is 8.78 Å². The van der Waals surface area contributed by atoms with Crippen LogP contribution in [-0.2, 0) is 19.1 Å². The molecule has 1 N–H and O–H groups in total. The van der Waals surface area contributed by atoms with Crippen LogP contribution >= 0.6 is 0 Å². The quantitative estimate of drug-likeness (QED) is 0.453. The first-order chi connectivity index (χ1) is 15.9. The standard InChI is InChI=1S/C27H36F2O5/c1-5-6-7-23(32)34-24(33)13-17-15(2)10-18-19-12-21(28)20-11-16(30)8-9-26(20,4)27(19,29)22(31)14-25(17,18)3/h8-9,11,15,17-19,21-22,31H,5-7,10,12-14H2,1-4H3/t15-,17+,18+,19+,21+,22+,25-,26+,27+/m1/s1. The topological polar surface area (TPSA) is 80.7 Å². The summed E-state index contributed by atoms with van der Waals surface area (Å²) in [6.07, 6.45) is 3.34. The van der Waals surface area contributed by atoms with Crippen molar-refractivity contribution < 1.29 is 33.0 Å². The highest BCUT2D eigenvalue weighted by molar-refractivity contribution is 6.01.